The monoisotopic (exact) mass is 442 g/mol. The van der Waals surface area contributed by atoms with Gasteiger partial charge in [0.15, 0.2) is 0 Å². The van der Waals surface area contributed by atoms with Crippen molar-refractivity contribution < 1.29 is 19.4 Å². The van der Waals surface area contributed by atoms with Gasteiger partial charge in [0.1, 0.15) is 5.75 Å². The fraction of sp³-hybridized carbons (Fsp3) is 0.583. The quantitative estimate of drug-likeness (QED) is 0.762. The number of ether oxygens (including phenoxy) is 1. The van der Waals surface area contributed by atoms with E-state index in [0.717, 1.165) is 41.6 Å². The van der Waals surface area contributed by atoms with Gasteiger partial charge in [0.2, 0.25) is 5.91 Å². The number of benzene rings is 1. The SMILES string of the molecule is CCCNC(=O)N1CCC2(CC1)CN(C(C)=O)[C@@H](CO)c1c2c2ccc(OC)cc2n1C. The molecule has 1 aromatic heterocycles. The van der Waals surface area contributed by atoms with Crippen LogP contribution in [0.4, 0.5) is 4.79 Å². The Kier molecular flexibility index (Phi) is 6.07. The number of fused-ring (bicyclic) bond motifs is 4. The van der Waals surface area contributed by atoms with E-state index in [1.165, 1.54) is 5.56 Å². The molecule has 1 fully saturated rings. The third-order valence-corrected chi connectivity index (χ3v) is 7.26. The fourth-order valence-electron chi connectivity index (χ4n) is 5.58. The zero-order valence-electron chi connectivity index (χ0n) is 19.5. The van der Waals surface area contributed by atoms with Crippen LogP contribution in [-0.4, -0.2) is 71.3 Å². The number of carbonyl (C=O) groups is 2. The van der Waals surface area contributed by atoms with Gasteiger partial charge in [0.25, 0.3) is 0 Å². The summed E-state index contributed by atoms with van der Waals surface area (Å²) in [7, 11) is 3.65. The smallest absolute Gasteiger partial charge is 0.317 e. The normalized spacial score (nSPS) is 19.8. The number of aromatic nitrogens is 1. The number of nitrogens with zero attached hydrogens (tertiary/aromatic N) is 3. The summed E-state index contributed by atoms with van der Waals surface area (Å²) in [6.45, 7) is 5.98. The number of nitrogens with one attached hydrogen (secondary N) is 1. The number of urea groups is 1. The van der Waals surface area contributed by atoms with E-state index < -0.39 is 0 Å². The molecule has 174 valence electrons. The number of hydrogen-bond donors (Lipinski definition) is 2. The predicted octanol–water partition coefficient (Wildman–Crippen LogP) is 2.54. The molecule has 2 aliphatic heterocycles. The lowest BCUT2D eigenvalue weighted by atomic mass is 9.68. The van der Waals surface area contributed by atoms with E-state index >= 15 is 0 Å². The molecule has 3 amide bonds. The summed E-state index contributed by atoms with van der Waals surface area (Å²) < 4.78 is 7.56. The summed E-state index contributed by atoms with van der Waals surface area (Å²) >= 11 is 0. The molecule has 2 N–H and O–H groups in total. The molecule has 32 heavy (non-hydrogen) atoms. The molecule has 0 aliphatic carbocycles. The summed E-state index contributed by atoms with van der Waals surface area (Å²) in [4.78, 5) is 28.9. The number of rotatable bonds is 4. The Bertz CT molecular complexity index is 1020. The Morgan fingerprint density at radius 1 is 1.28 bits per heavy atom. The van der Waals surface area contributed by atoms with E-state index in [-0.39, 0.29) is 30.0 Å². The Hall–Kier alpha value is -2.74. The van der Waals surface area contributed by atoms with Crippen molar-refractivity contribution >= 4 is 22.8 Å². The molecule has 1 atom stereocenters. The molecule has 0 radical (unpaired) electrons. The average molecular weight is 443 g/mol. The summed E-state index contributed by atoms with van der Waals surface area (Å²) in [6.07, 6.45) is 2.45. The van der Waals surface area contributed by atoms with E-state index in [1.54, 1.807) is 14.0 Å². The van der Waals surface area contributed by atoms with Gasteiger partial charge in [-0.1, -0.05) is 6.92 Å². The maximum atomic E-state index is 12.6. The minimum Gasteiger partial charge on any atom is -0.497 e. The summed E-state index contributed by atoms with van der Waals surface area (Å²) in [6, 6.07) is 5.67. The number of aliphatic hydroxyl groups is 1. The third kappa shape index (κ3) is 3.50. The van der Waals surface area contributed by atoms with Gasteiger partial charge >= 0.3 is 6.03 Å². The van der Waals surface area contributed by atoms with Crippen LogP contribution in [0.15, 0.2) is 18.2 Å². The van der Waals surface area contributed by atoms with E-state index in [2.05, 4.69) is 16.0 Å². The Labute approximate surface area is 189 Å². The minimum atomic E-state index is -0.387. The molecule has 1 spiro atoms. The first-order valence-corrected chi connectivity index (χ1v) is 11.4. The molecular weight excluding hydrogens is 408 g/mol. The van der Waals surface area contributed by atoms with E-state index in [1.807, 2.05) is 35.9 Å². The Morgan fingerprint density at radius 3 is 2.59 bits per heavy atom. The Balaban J connectivity index is 1.80. The summed E-state index contributed by atoms with van der Waals surface area (Å²) in [5, 5.41) is 14.4. The lowest BCUT2D eigenvalue weighted by Crippen LogP contribution is -2.56. The van der Waals surface area contributed by atoms with Gasteiger partial charge in [0, 0.05) is 62.7 Å². The molecule has 4 rings (SSSR count). The second-order valence-electron chi connectivity index (χ2n) is 9.05. The number of hydrogen-bond acceptors (Lipinski definition) is 4. The molecule has 8 heteroatoms. The van der Waals surface area contributed by atoms with E-state index in [4.69, 9.17) is 4.74 Å². The van der Waals surface area contributed by atoms with Crippen molar-refractivity contribution in [3.05, 3.63) is 29.5 Å². The van der Waals surface area contributed by atoms with Gasteiger partial charge < -0.3 is 29.5 Å². The number of amides is 3. The van der Waals surface area contributed by atoms with Crippen molar-refractivity contribution in [2.24, 2.45) is 7.05 Å². The fourth-order valence-corrected chi connectivity index (χ4v) is 5.58. The maximum absolute atomic E-state index is 12.6. The van der Waals surface area contributed by atoms with Crippen molar-refractivity contribution in [1.82, 2.24) is 19.7 Å². The molecule has 1 aromatic carbocycles. The largest absolute Gasteiger partial charge is 0.497 e. The zero-order valence-corrected chi connectivity index (χ0v) is 19.5. The van der Waals surface area contributed by atoms with Crippen LogP contribution in [0.2, 0.25) is 0 Å². The van der Waals surface area contributed by atoms with Gasteiger partial charge in [-0.2, -0.15) is 0 Å². The van der Waals surface area contributed by atoms with E-state index in [9.17, 15) is 14.7 Å². The highest BCUT2D eigenvalue weighted by Crippen LogP contribution is 2.50. The third-order valence-electron chi connectivity index (χ3n) is 7.26. The molecule has 8 nitrogen and oxygen atoms in total. The molecule has 0 unspecified atom stereocenters. The number of likely N-dealkylation sites (tertiary alicyclic amines) is 1. The van der Waals surface area contributed by atoms with Crippen LogP contribution in [-0.2, 0) is 17.3 Å². The van der Waals surface area contributed by atoms with Crippen LogP contribution in [0.1, 0.15) is 50.4 Å². The van der Waals surface area contributed by atoms with Crippen LogP contribution in [0, 0.1) is 0 Å². The van der Waals surface area contributed by atoms with Crippen molar-refractivity contribution in [1.29, 1.82) is 0 Å². The Morgan fingerprint density at radius 2 is 2.00 bits per heavy atom. The van der Waals surface area contributed by atoms with Crippen molar-refractivity contribution in [3.8, 4) is 5.75 Å². The molecular formula is C24H34N4O4. The van der Waals surface area contributed by atoms with Gasteiger partial charge in [-0.15, -0.1) is 0 Å². The second-order valence-corrected chi connectivity index (χ2v) is 9.05. The van der Waals surface area contributed by atoms with Gasteiger partial charge in [-0.25, -0.2) is 4.79 Å². The van der Waals surface area contributed by atoms with Gasteiger partial charge in [-0.3, -0.25) is 4.79 Å². The number of carbonyl (C=O) groups excluding carboxylic acids is 2. The van der Waals surface area contributed by atoms with Gasteiger partial charge in [0.05, 0.1) is 25.3 Å². The van der Waals surface area contributed by atoms with Crippen LogP contribution in [0.5, 0.6) is 5.75 Å². The first-order valence-electron chi connectivity index (χ1n) is 11.4. The van der Waals surface area contributed by atoms with E-state index in [0.29, 0.717) is 26.2 Å². The summed E-state index contributed by atoms with van der Waals surface area (Å²) in [5.74, 6) is 0.732. The predicted molar refractivity (Wildman–Crippen MR) is 123 cm³/mol. The molecule has 0 saturated carbocycles. The van der Waals surface area contributed by atoms with Crippen molar-refractivity contribution in [2.75, 3.05) is 39.9 Å². The highest BCUT2D eigenvalue weighted by Gasteiger charge is 2.49. The molecule has 0 bridgehead atoms. The summed E-state index contributed by atoms with van der Waals surface area (Å²) in [5.41, 5.74) is 2.96. The average Bonchev–Trinajstić information content (AvgIpc) is 3.10. The molecule has 2 aliphatic rings. The van der Waals surface area contributed by atoms with Crippen molar-refractivity contribution in [3.63, 3.8) is 0 Å². The van der Waals surface area contributed by atoms with Gasteiger partial charge in [-0.05, 0) is 37.0 Å². The highest BCUT2D eigenvalue weighted by atomic mass is 16.5. The minimum absolute atomic E-state index is 0.0166. The van der Waals surface area contributed by atoms with Crippen molar-refractivity contribution in [2.45, 2.75) is 44.6 Å². The maximum Gasteiger partial charge on any atom is 0.317 e. The molecule has 2 aromatic rings. The topological polar surface area (TPSA) is 87.0 Å². The first-order chi connectivity index (χ1) is 15.4. The number of piperidine rings is 1. The zero-order chi connectivity index (χ0) is 23.0. The standard InChI is InChI=1S/C24H34N4O4/c1-5-10-25-23(31)27-11-8-24(9-12-27)15-28(16(2)30)20(14-29)22-21(24)18-7-6-17(32-4)13-19(18)26(22)3/h6-7,13,20,29H,5,8-12,14-15H2,1-4H3,(H,25,31)/t20-/m0/s1. The lowest BCUT2D eigenvalue weighted by Gasteiger charge is -2.50. The number of aryl methyl sites for hydroxylation is 1. The second kappa shape index (κ2) is 8.65. The van der Waals surface area contributed by atoms with Crippen LogP contribution < -0.4 is 10.1 Å². The first kappa shape index (κ1) is 22.5. The number of aliphatic hydroxyl groups excluding tert-OH is 1. The van der Waals surface area contributed by atoms with Crippen LogP contribution >= 0.6 is 0 Å². The molecule has 1 saturated heterocycles. The lowest BCUT2D eigenvalue weighted by molar-refractivity contribution is -0.135. The highest BCUT2D eigenvalue weighted by molar-refractivity contribution is 5.89. The van der Waals surface area contributed by atoms with Crippen LogP contribution in [0.3, 0.4) is 0 Å². The molecule has 3 heterocycles. The van der Waals surface area contributed by atoms with Crippen LogP contribution in [0.25, 0.3) is 10.9 Å². The number of methoxy groups -OCH3 is 1.